The molecule has 1 saturated heterocycles. The normalized spacial score (nSPS) is 23.1. The van der Waals surface area contributed by atoms with Crippen molar-refractivity contribution < 1.29 is 4.39 Å². The van der Waals surface area contributed by atoms with Crippen LogP contribution in [0.15, 0.2) is 18.3 Å². The van der Waals surface area contributed by atoms with Crippen LogP contribution in [0.5, 0.6) is 0 Å². The Hall–Kier alpha value is -0.830. The van der Waals surface area contributed by atoms with Crippen molar-refractivity contribution in [3.05, 3.63) is 24.0 Å². The fraction of sp³-hybridized carbons (Fsp3) is 0.636. The van der Waals surface area contributed by atoms with Gasteiger partial charge in [-0.3, -0.25) is 4.90 Å². The molecule has 1 aliphatic heterocycles. The molecule has 14 heavy (non-hydrogen) atoms. The summed E-state index contributed by atoms with van der Waals surface area (Å²) in [6, 6.07) is 4.30. The molecule has 1 atom stereocenters. The van der Waals surface area contributed by atoms with Crippen LogP contribution in [0.3, 0.4) is 0 Å². The summed E-state index contributed by atoms with van der Waals surface area (Å²) in [4.78, 5) is 2.25. The largest absolute Gasteiger partial charge is 0.353 e. The van der Waals surface area contributed by atoms with Gasteiger partial charge in [-0.15, -0.1) is 0 Å². The summed E-state index contributed by atoms with van der Waals surface area (Å²) in [6.45, 7) is 1.72. The molecule has 0 aromatic carbocycles. The highest BCUT2D eigenvalue weighted by Crippen LogP contribution is 2.20. The highest BCUT2D eigenvalue weighted by molar-refractivity contribution is 5.06. The van der Waals surface area contributed by atoms with Crippen molar-refractivity contribution in [3.8, 4) is 0 Å². The van der Waals surface area contributed by atoms with Crippen molar-refractivity contribution in [2.75, 3.05) is 13.2 Å². The minimum Gasteiger partial charge on any atom is -0.353 e. The van der Waals surface area contributed by atoms with Gasteiger partial charge in [0.05, 0.1) is 0 Å². The van der Waals surface area contributed by atoms with Crippen LogP contribution in [0, 0.1) is 0 Å². The molecule has 0 N–H and O–H groups in total. The summed E-state index contributed by atoms with van der Waals surface area (Å²) in [6.07, 6.45) is 4.19. The highest BCUT2D eigenvalue weighted by atomic mass is 19.1. The first-order chi connectivity index (χ1) is 6.81. The quantitative estimate of drug-likeness (QED) is 0.717. The molecule has 0 amide bonds. The number of aromatic nitrogens is 1. The Morgan fingerprint density at radius 2 is 2.43 bits per heavy atom. The van der Waals surface area contributed by atoms with Gasteiger partial charge in [0.15, 0.2) is 0 Å². The Morgan fingerprint density at radius 3 is 3.07 bits per heavy atom. The Labute approximate surface area is 84.3 Å². The molecular formula is C11H17FN2. The van der Waals surface area contributed by atoms with Crippen LogP contribution in [0.1, 0.15) is 18.5 Å². The maximum atomic E-state index is 12.6. The van der Waals surface area contributed by atoms with Crippen LogP contribution in [-0.2, 0) is 13.6 Å². The van der Waals surface area contributed by atoms with E-state index in [-0.39, 0.29) is 12.7 Å². The lowest BCUT2D eigenvalue weighted by atomic mass is 10.2. The van der Waals surface area contributed by atoms with E-state index in [4.69, 9.17) is 0 Å². The van der Waals surface area contributed by atoms with Crippen molar-refractivity contribution in [2.45, 2.75) is 25.4 Å². The average Bonchev–Trinajstić information content (AvgIpc) is 2.77. The summed E-state index contributed by atoms with van der Waals surface area (Å²) < 4.78 is 14.7. The molecule has 1 aromatic rings. The van der Waals surface area contributed by atoms with Gasteiger partial charge in [0, 0.05) is 31.5 Å². The van der Waals surface area contributed by atoms with Crippen molar-refractivity contribution in [1.29, 1.82) is 0 Å². The average molecular weight is 196 g/mol. The zero-order valence-electron chi connectivity index (χ0n) is 8.62. The van der Waals surface area contributed by atoms with E-state index in [0.29, 0.717) is 0 Å². The minimum atomic E-state index is -0.204. The van der Waals surface area contributed by atoms with E-state index in [1.165, 1.54) is 5.69 Å². The summed E-state index contributed by atoms with van der Waals surface area (Å²) >= 11 is 0. The SMILES string of the molecule is Cn1cccc1CN1CCCC1CF. The smallest absolute Gasteiger partial charge is 0.105 e. The van der Waals surface area contributed by atoms with Crippen LogP contribution < -0.4 is 0 Å². The molecule has 2 nitrogen and oxygen atoms in total. The lowest BCUT2D eigenvalue weighted by Gasteiger charge is -2.22. The maximum Gasteiger partial charge on any atom is 0.105 e. The number of hydrogen-bond donors (Lipinski definition) is 0. The van der Waals surface area contributed by atoms with Crippen LogP contribution in [0.4, 0.5) is 4.39 Å². The predicted molar refractivity (Wildman–Crippen MR) is 54.8 cm³/mol. The molecule has 0 aliphatic carbocycles. The second-order valence-corrected chi connectivity index (χ2v) is 4.03. The summed E-state index contributed by atoms with van der Waals surface area (Å²) in [5.41, 5.74) is 1.27. The van der Waals surface area contributed by atoms with Crippen molar-refractivity contribution in [3.63, 3.8) is 0 Å². The Bertz CT molecular complexity index is 295. The maximum absolute atomic E-state index is 12.6. The van der Waals surface area contributed by atoms with E-state index in [1.54, 1.807) is 0 Å². The van der Waals surface area contributed by atoms with E-state index in [9.17, 15) is 4.39 Å². The number of aryl methyl sites for hydroxylation is 1. The Kier molecular flexibility index (Phi) is 2.87. The summed E-state index contributed by atoms with van der Waals surface area (Å²) in [5, 5.41) is 0. The molecule has 1 aliphatic rings. The van der Waals surface area contributed by atoms with E-state index in [2.05, 4.69) is 15.5 Å². The molecule has 0 radical (unpaired) electrons. The van der Waals surface area contributed by atoms with Gasteiger partial charge in [-0.1, -0.05) is 0 Å². The lowest BCUT2D eigenvalue weighted by molar-refractivity contribution is 0.203. The molecule has 2 rings (SSSR count). The van der Waals surface area contributed by atoms with Gasteiger partial charge in [0.1, 0.15) is 6.67 Å². The van der Waals surface area contributed by atoms with Gasteiger partial charge in [-0.05, 0) is 31.5 Å². The van der Waals surface area contributed by atoms with E-state index in [0.717, 1.165) is 25.9 Å². The fourth-order valence-electron chi connectivity index (χ4n) is 2.15. The van der Waals surface area contributed by atoms with E-state index < -0.39 is 0 Å². The van der Waals surface area contributed by atoms with Gasteiger partial charge in [0.2, 0.25) is 0 Å². The number of rotatable bonds is 3. The van der Waals surface area contributed by atoms with Crippen LogP contribution in [0.2, 0.25) is 0 Å². The molecule has 3 heteroatoms. The number of halogens is 1. The molecule has 0 bridgehead atoms. The topological polar surface area (TPSA) is 8.17 Å². The molecule has 0 saturated carbocycles. The standard InChI is InChI=1S/C11H17FN2/c1-13-6-2-5-11(13)9-14-7-3-4-10(14)8-12/h2,5-6,10H,3-4,7-9H2,1H3. The fourth-order valence-corrected chi connectivity index (χ4v) is 2.15. The summed E-state index contributed by atoms with van der Waals surface area (Å²) in [5.74, 6) is 0. The predicted octanol–water partition coefficient (Wildman–Crippen LogP) is 1.96. The van der Waals surface area contributed by atoms with Crippen LogP contribution in [-0.4, -0.2) is 28.7 Å². The van der Waals surface area contributed by atoms with Gasteiger partial charge in [-0.2, -0.15) is 0 Å². The first-order valence-corrected chi connectivity index (χ1v) is 5.21. The first kappa shape index (κ1) is 9.71. The third-order valence-electron chi connectivity index (χ3n) is 3.09. The van der Waals surface area contributed by atoms with Gasteiger partial charge < -0.3 is 4.57 Å². The Morgan fingerprint density at radius 1 is 1.57 bits per heavy atom. The monoisotopic (exact) mass is 196 g/mol. The molecule has 1 fully saturated rings. The second-order valence-electron chi connectivity index (χ2n) is 4.03. The molecular weight excluding hydrogens is 179 g/mol. The third-order valence-corrected chi connectivity index (χ3v) is 3.09. The van der Waals surface area contributed by atoms with Gasteiger partial charge in [-0.25, -0.2) is 4.39 Å². The number of likely N-dealkylation sites (tertiary alicyclic amines) is 1. The van der Waals surface area contributed by atoms with E-state index >= 15 is 0 Å². The number of hydrogen-bond acceptors (Lipinski definition) is 1. The lowest BCUT2D eigenvalue weighted by Crippen LogP contribution is -2.31. The van der Waals surface area contributed by atoms with Crippen LogP contribution in [0.25, 0.3) is 0 Å². The molecule has 0 spiro atoms. The summed E-state index contributed by atoms with van der Waals surface area (Å²) in [7, 11) is 2.04. The van der Waals surface area contributed by atoms with Crippen molar-refractivity contribution in [2.24, 2.45) is 7.05 Å². The molecule has 2 heterocycles. The van der Waals surface area contributed by atoms with Gasteiger partial charge in [0.25, 0.3) is 0 Å². The second kappa shape index (κ2) is 4.13. The van der Waals surface area contributed by atoms with Crippen LogP contribution >= 0.6 is 0 Å². The third kappa shape index (κ3) is 1.82. The molecule has 1 unspecified atom stereocenters. The highest BCUT2D eigenvalue weighted by Gasteiger charge is 2.24. The minimum absolute atomic E-state index is 0.157. The molecule has 1 aromatic heterocycles. The van der Waals surface area contributed by atoms with E-state index in [1.807, 2.05) is 19.3 Å². The van der Waals surface area contributed by atoms with Crippen molar-refractivity contribution >= 4 is 0 Å². The number of nitrogens with zero attached hydrogens (tertiary/aromatic N) is 2. The zero-order chi connectivity index (χ0) is 9.97. The first-order valence-electron chi connectivity index (χ1n) is 5.21. The molecule has 78 valence electrons. The number of alkyl halides is 1. The van der Waals surface area contributed by atoms with Gasteiger partial charge >= 0.3 is 0 Å². The van der Waals surface area contributed by atoms with Crippen molar-refractivity contribution in [1.82, 2.24) is 9.47 Å². The Balaban J connectivity index is 2.00. The zero-order valence-corrected chi connectivity index (χ0v) is 8.62.